The molecule has 2 amide bonds. The molecule has 1 aliphatic rings. The van der Waals surface area contributed by atoms with Crippen LogP contribution in [0.25, 0.3) is 0 Å². The van der Waals surface area contributed by atoms with Gasteiger partial charge < -0.3 is 24.8 Å². The molecule has 0 bridgehead atoms. The maximum atomic E-state index is 12.3. The van der Waals surface area contributed by atoms with Crippen LogP contribution in [0.1, 0.15) is 32.8 Å². The molecule has 1 aromatic rings. The maximum Gasteiger partial charge on any atom is 0.410 e. The molecule has 0 saturated carbocycles. The lowest BCUT2D eigenvalue weighted by Gasteiger charge is -2.28. The standard InChI is InChI=1S/C19H28N2O5/c1-18(2,3)26-16(23)20-12-19(14-22)9-10-21(13-19)17(24)25-11-15-7-5-4-6-8-15/h4-8,22H,9-14H2,1-3H3,(H,20,23). The molecule has 1 saturated heterocycles. The summed E-state index contributed by atoms with van der Waals surface area (Å²) in [6, 6.07) is 9.45. The Balaban J connectivity index is 1.83. The van der Waals surface area contributed by atoms with E-state index in [4.69, 9.17) is 9.47 Å². The minimum absolute atomic E-state index is 0.134. The number of carbonyl (C=O) groups is 2. The first kappa shape index (κ1) is 20.0. The first-order valence-electron chi connectivity index (χ1n) is 8.76. The van der Waals surface area contributed by atoms with E-state index < -0.39 is 23.2 Å². The predicted molar refractivity (Wildman–Crippen MR) is 96.6 cm³/mol. The lowest BCUT2D eigenvalue weighted by atomic mass is 9.88. The number of hydrogen-bond acceptors (Lipinski definition) is 5. The zero-order valence-corrected chi connectivity index (χ0v) is 15.7. The summed E-state index contributed by atoms with van der Waals surface area (Å²) in [7, 11) is 0. The van der Waals surface area contributed by atoms with Crippen molar-refractivity contribution in [2.45, 2.75) is 39.4 Å². The average Bonchev–Trinajstić information content (AvgIpc) is 3.03. The molecule has 0 spiro atoms. The summed E-state index contributed by atoms with van der Waals surface area (Å²) in [6.07, 6.45) is -0.364. The van der Waals surface area contributed by atoms with Gasteiger partial charge in [0.2, 0.25) is 0 Å². The van der Waals surface area contributed by atoms with Gasteiger partial charge in [0.05, 0.1) is 6.61 Å². The molecule has 2 rings (SSSR count). The van der Waals surface area contributed by atoms with Crippen LogP contribution in [0.3, 0.4) is 0 Å². The molecule has 1 fully saturated rings. The van der Waals surface area contributed by atoms with E-state index in [0.29, 0.717) is 19.5 Å². The number of likely N-dealkylation sites (tertiary alicyclic amines) is 1. The van der Waals surface area contributed by atoms with E-state index in [2.05, 4.69) is 5.32 Å². The van der Waals surface area contributed by atoms with Gasteiger partial charge in [-0.2, -0.15) is 0 Å². The quantitative estimate of drug-likeness (QED) is 0.838. The zero-order valence-electron chi connectivity index (χ0n) is 15.7. The van der Waals surface area contributed by atoms with Crippen molar-refractivity contribution in [1.29, 1.82) is 0 Å². The van der Waals surface area contributed by atoms with Gasteiger partial charge in [-0.25, -0.2) is 9.59 Å². The smallest absolute Gasteiger partial charge is 0.410 e. The lowest BCUT2D eigenvalue weighted by molar-refractivity contribution is 0.0469. The summed E-state index contributed by atoms with van der Waals surface area (Å²) in [4.78, 5) is 25.7. The van der Waals surface area contributed by atoms with Gasteiger partial charge in [0, 0.05) is 25.0 Å². The highest BCUT2D eigenvalue weighted by Gasteiger charge is 2.40. The van der Waals surface area contributed by atoms with Gasteiger partial charge in [0.25, 0.3) is 0 Å². The molecular formula is C19H28N2O5. The summed E-state index contributed by atoms with van der Waals surface area (Å²) in [6.45, 7) is 6.47. The first-order chi connectivity index (χ1) is 12.2. The number of hydrogen-bond donors (Lipinski definition) is 2. The third kappa shape index (κ3) is 5.91. The number of aliphatic hydroxyl groups is 1. The average molecular weight is 364 g/mol. The second-order valence-electron chi connectivity index (χ2n) is 7.73. The Morgan fingerprint density at radius 2 is 1.96 bits per heavy atom. The van der Waals surface area contributed by atoms with E-state index in [1.807, 2.05) is 30.3 Å². The fraction of sp³-hybridized carbons (Fsp3) is 0.579. The Bertz CT molecular complexity index is 614. The molecule has 1 heterocycles. The van der Waals surface area contributed by atoms with Crippen molar-refractivity contribution in [1.82, 2.24) is 10.2 Å². The van der Waals surface area contributed by atoms with Crippen molar-refractivity contribution in [3.8, 4) is 0 Å². The number of nitrogens with one attached hydrogen (secondary N) is 1. The molecule has 0 aliphatic carbocycles. The van der Waals surface area contributed by atoms with E-state index >= 15 is 0 Å². The number of benzene rings is 1. The van der Waals surface area contributed by atoms with Gasteiger partial charge in [-0.05, 0) is 32.8 Å². The summed E-state index contributed by atoms with van der Waals surface area (Å²) < 4.78 is 10.5. The Kier molecular flexibility index (Phi) is 6.47. The third-order valence-corrected chi connectivity index (χ3v) is 4.24. The van der Waals surface area contributed by atoms with E-state index in [1.54, 1.807) is 25.7 Å². The normalized spacial score (nSPS) is 19.9. The topological polar surface area (TPSA) is 88.1 Å². The number of nitrogens with zero attached hydrogens (tertiary/aromatic N) is 1. The summed E-state index contributed by atoms with van der Waals surface area (Å²) in [5, 5.41) is 12.5. The molecule has 26 heavy (non-hydrogen) atoms. The molecular weight excluding hydrogens is 336 g/mol. The van der Waals surface area contributed by atoms with Crippen molar-refractivity contribution in [3.63, 3.8) is 0 Å². The molecule has 0 aromatic heterocycles. The maximum absolute atomic E-state index is 12.3. The van der Waals surface area contributed by atoms with Crippen LogP contribution in [0.15, 0.2) is 30.3 Å². The molecule has 7 heteroatoms. The SMILES string of the molecule is CC(C)(C)OC(=O)NCC1(CO)CCN(C(=O)OCc2ccccc2)C1. The van der Waals surface area contributed by atoms with Crippen LogP contribution in [0.4, 0.5) is 9.59 Å². The zero-order chi connectivity index (χ0) is 19.2. The van der Waals surface area contributed by atoms with Crippen molar-refractivity contribution in [2.75, 3.05) is 26.2 Å². The van der Waals surface area contributed by atoms with E-state index in [9.17, 15) is 14.7 Å². The molecule has 1 aliphatic heterocycles. The van der Waals surface area contributed by atoms with E-state index in [1.165, 1.54) is 0 Å². The van der Waals surface area contributed by atoms with Crippen molar-refractivity contribution < 1.29 is 24.2 Å². The van der Waals surface area contributed by atoms with E-state index in [-0.39, 0.29) is 19.8 Å². The van der Waals surface area contributed by atoms with Crippen LogP contribution < -0.4 is 5.32 Å². The molecule has 1 atom stereocenters. The second-order valence-corrected chi connectivity index (χ2v) is 7.73. The van der Waals surface area contributed by atoms with Gasteiger partial charge in [-0.15, -0.1) is 0 Å². The number of carbonyl (C=O) groups excluding carboxylic acids is 2. The number of ether oxygens (including phenoxy) is 2. The Morgan fingerprint density at radius 3 is 2.58 bits per heavy atom. The molecule has 1 aromatic carbocycles. The van der Waals surface area contributed by atoms with Crippen molar-refractivity contribution >= 4 is 12.2 Å². The number of amides is 2. The molecule has 1 unspecified atom stereocenters. The van der Waals surface area contributed by atoms with Gasteiger partial charge >= 0.3 is 12.2 Å². The largest absolute Gasteiger partial charge is 0.445 e. The monoisotopic (exact) mass is 364 g/mol. The van der Waals surface area contributed by atoms with Gasteiger partial charge in [-0.1, -0.05) is 30.3 Å². The van der Waals surface area contributed by atoms with Crippen LogP contribution in [0.5, 0.6) is 0 Å². The minimum atomic E-state index is -0.584. The van der Waals surface area contributed by atoms with Crippen molar-refractivity contribution in [3.05, 3.63) is 35.9 Å². The van der Waals surface area contributed by atoms with Gasteiger partial charge in [0.1, 0.15) is 12.2 Å². The van der Waals surface area contributed by atoms with E-state index in [0.717, 1.165) is 5.56 Å². The first-order valence-corrected chi connectivity index (χ1v) is 8.76. The van der Waals surface area contributed by atoms with Crippen LogP contribution in [-0.4, -0.2) is 54.0 Å². The molecule has 2 N–H and O–H groups in total. The number of aliphatic hydroxyl groups excluding tert-OH is 1. The summed E-state index contributed by atoms with van der Waals surface area (Å²) >= 11 is 0. The third-order valence-electron chi connectivity index (χ3n) is 4.24. The highest BCUT2D eigenvalue weighted by atomic mass is 16.6. The second kappa shape index (κ2) is 8.40. The highest BCUT2D eigenvalue weighted by molar-refractivity contribution is 5.69. The van der Waals surface area contributed by atoms with Crippen molar-refractivity contribution in [2.24, 2.45) is 5.41 Å². The molecule has 7 nitrogen and oxygen atoms in total. The fourth-order valence-corrected chi connectivity index (χ4v) is 2.80. The number of rotatable bonds is 5. The van der Waals surface area contributed by atoms with Gasteiger partial charge in [-0.3, -0.25) is 0 Å². The predicted octanol–water partition coefficient (Wildman–Crippen LogP) is 2.53. The minimum Gasteiger partial charge on any atom is -0.445 e. The number of alkyl carbamates (subject to hydrolysis) is 1. The van der Waals surface area contributed by atoms with Crippen LogP contribution in [-0.2, 0) is 16.1 Å². The van der Waals surface area contributed by atoms with Gasteiger partial charge in [0.15, 0.2) is 0 Å². The highest BCUT2D eigenvalue weighted by Crippen LogP contribution is 2.30. The Labute approximate surface area is 154 Å². The molecule has 0 radical (unpaired) electrons. The Hall–Kier alpha value is -2.28. The lowest BCUT2D eigenvalue weighted by Crippen LogP contribution is -2.44. The van der Waals surface area contributed by atoms with Crippen LogP contribution in [0.2, 0.25) is 0 Å². The Morgan fingerprint density at radius 1 is 1.27 bits per heavy atom. The summed E-state index contributed by atoms with van der Waals surface area (Å²) in [5.41, 5.74) is -0.248. The van der Waals surface area contributed by atoms with Crippen LogP contribution in [0, 0.1) is 5.41 Å². The molecule has 144 valence electrons. The summed E-state index contributed by atoms with van der Waals surface area (Å²) in [5.74, 6) is 0. The van der Waals surface area contributed by atoms with Crippen LogP contribution >= 0.6 is 0 Å². The fourth-order valence-electron chi connectivity index (χ4n) is 2.80.